The van der Waals surface area contributed by atoms with Gasteiger partial charge in [0.05, 0.1) is 17.2 Å². The van der Waals surface area contributed by atoms with Crippen LogP contribution in [0.3, 0.4) is 0 Å². The molecular weight excluding hydrogens is 359 g/mol. The number of carbonyl (C=O) groups is 1. The molecule has 0 aromatic heterocycles. The van der Waals surface area contributed by atoms with Crippen LogP contribution in [0.4, 0.5) is 4.39 Å². The summed E-state index contributed by atoms with van der Waals surface area (Å²) in [5.74, 6) is -0.452. The Morgan fingerprint density at radius 3 is 2.81 bits per heavy atom. The molecule has 0 saturated carbocycles. The zero-order valence-electron chi connectivity index (χ0n) is 11.3. The first-order valence-corrected chi connectivity index (χ1v) is 7.62. The highest BCUT2D eigenvalue weighted by atomic mass is 79.9. The fraction of sp³-hybridized carbons (Fsp3) is 0.188. The summed E-state index contributed by atoms with van der Waals surface area (Å²) >= 11 is 9.05. The van der Waals surface area contributed by atoms with Crippen molar-refractivity contribution in [1.29, 1.82) is 0 Å². The van der Waals surface area contributed by atoms with Crippen LogP contribution >= 0.6 is 27.5 Å². The van der Waals surface area contributed by atoms with Crippen LogP contribution in [0.2, 0.25) is 5.02 Å². The third-order valence-electron chi connectivity index (χ3n) is 2.82. The molecule has 0 bridgehead atoms. The topological polar surface area (TPSA) is 26.3 Å². The predicted molar refractivity (Wildman–Crippen MR) is 84.8 cm³/mol. The summed E-state index contributed by atoms with van der Waals surface area (Å²) < 4.78 is 19.8. The van der Waals surface area contributed by atoms with E-state index in [0.29, 0.717) is 22.4 Å². The van der Waals surface area contributed by atoms with Crippen molar-refractivity contribution in [2.75, 3.05) is 6.61 Å². The van der Waals surface area contributed by atoms with Crippen LogP contribution in [-0.4, -0.2) is 12.4 Å². The number of ether oxygens (including phenoxy) is 1. The molecule has 0 atom stereocenters. The summed E-state index contributed by atoms with van der Waals surface area (Å²) in [4.78, 5) is 12.4. The highest BCUT2D eigenvalue weighted by Gasteiger charge is 2.16. The fourth-order valence-electron chi connectivity index (χ4n) is 1.80. The highest BCUT2D eigenvalue weighted by Crippen LogP contribution is 2.27. The van der Waals surface area contributed by atoms with Gasteiger partial charge in [0.1, 0.15) is 11.6 Å². The van der Waals surface area contributed by atoms with Crippen LogP contribution in [0.15, 0.2) is 40.9 Å². The first kappa shape index (κ1) is 16.0. The van der Waals surface area contributed by atoms with E-state index in [2.05, 4.69) is 15.9 Å². The number of hydrogen-bond acceptors (Lipinski definition) is 2. The molecule has 0 saturated heterocycles. The van der Waals surface area contributed by atoms with Crippen LogP contribution in [-0.2, 0) is 0 Å². The monoisotopic (exact) mass is 370 g/mol. The Labute approximate surface area is 136 Å². The van der Waals surface area contributed by atoms with Crippen molar-refractivity contribution < 1.29 is 13.9 Å². The summed E-state index contributed by atoms with van der Waals surface area (Å²) in [6.45, 7) is 2.56. The average molecular weight is 372 g/mol. The molecule has 0 aliphatic carbocycles. The lowest BCUT2D eigenvalue weighted by Crippen LogP contribution is -2.05. The van der Waals surface area contributed by atoms with Gasteiger partial charge in [0, 0.05) is 10.0 Å². The molecule has 110 valence electrons. The van der Waals surface area contributed by atoms with Crippen LogP contribution in [0.1, 0.15) is 29.3 Å². The second-order valence-electron chi connectivity index (χ2n) is 4.45. The van der Waals surface area contributed by atoms with E-state index >= 15 is 0 Å². The Kier molecular flexibility index (Phi) is 5.37. The minimum absolute atomic E-state index is 0.0594. The van der Waals surface area contributed by atoms with Gasteiger partial charge in [-0.3, -0.25) is 4.79 Å². The van der Waals surface area contributed by atoms with Gasteiger partial charge in [-0.2, -0.15) is 0 Å². The van der Waals surface area contributed by atoms with Crippen molar-refractivity contribution in [1.82, 2.24) is 0 Å². The molecule has 0 unspecified atom stereocenters. The van der Waals surface area contributed by atoms with Crippen LogP contribution in [0.25, 0.3) is 0 Å². The molecule has 2 rings (SSSR count). The number of carbonyl (C=O) groups excluding carboxylic acids is 1. The lowest BCUT2D eigenvalue weighted by atomic mass is 10.0. The summed E-state index contributed by atoms with van der Waals surface area (Å²) in [6.07, 6.45) is 0.870. The maximum absolute atomic E-state index is 13.9. The molecule has 2 aromatic carbocycles. The highest BCUT2D eigenvalue weighted by molar-refractivity contribution is 9.10. The van der Waals surface area contributed by atoms with Crippen molar-refractivity contribution >= 4 is 33.3 Å². The van der Waals surface area contributed by atoms with E-state index in [4.69, 9.17) is 16.3 Å². The molecule has 2 nitrogen and oxygen atoms in total. The van der Waals surface area contributed by atoms with Gasteiger partial charge < -0.3 is 4.74 Å². The van der Waals surface area contributed by atoms with E-state index in [0.717, 1.165) is 6.42 Å². The van der Waals surface area contributed by atoms with Crippen LogP contribution in [0, 0.1) is 5.82 Å². The van der Waals surface area contributed by atoms with Gasteiger partial charge in [-0.25, -0.2) is 4.39 Å². The summed E-state index contributed by atoms with van der Waals surface area (Å²) in [5, 5.41) is 0.290. The van der Waals surface area contributed by atoms with E-state index < -0.39 is 11.6 Å². The molecule has 0 fully saturated rings. The number of hydrogen-bond donors (Lipinski definition) is 0. The Morgan fingerprint density at radius 1 is 1.33 bits per heavy atom. The average Bonchev–Trinajstić information content (AvgIpc) is 2.48. The van der Waals surface area contributed by atoms with Crippen molar-refractivity contribution in [3.05, 3.63) is 62.8 Å². The SMILES string of the molecule is CCCOc1cccc(C(=O)c2cc(Cl)c(Br)cc2F)c1. The number of halogens is 3. The molecule has 2 aromatic rings. The largest absolute Gasteiger partial charge is 0.494 e. The van der Waals surface area contributed by atoms with Gasteiger partial charge >= 0.3 is 0 Å². The molecule has 21 heavy (non-hydrogen) atoms. The molecular formula is C16H13BrClFO2. The summed E-state index contributed by atoms with van der Waals surface area (Å²) in [7, 11) is 0. The van der Waals surface area contributed by atoms with Crippen LogP contribution in [0.5, 0.6) is 5.75 Å². The number of ketones is 1. The molecule has 0 aliphatic heterocycles. The zero-order chi connectivity index (χ0) is 15.4. The van der Waals surface area contributed by atoms with Crippen molar-refractivity contribution in [2.45, 2.75) is 13.3 Å². The minimum atomic E-state index is -0.615. The lowest BCUT2D eigenvalue weighted by molar-refractivity contribution is 0.103. The van der Waals surface area contributed by atoms with Crippen molar-refractivity contribution in [3.8, 4) is 5.75 Å². The van der Waals surface area contributed by atoms with Gasteiger partial charge in [0.25, 0.3) is 0 Å². The van der Waals surface area contributed by atoms with E-state index in [1.807, 2.05) is 6.92 Å². The summed E-state index contributed by atoms with van der Waals surface area (Å²) in [6, 6.07) is 9.20. The summed E-state index contributed by atoms with van der Waals surface area (Å²) in [5.41, 5.74) is 0.303. The Hall–Kier alpha value is -1.39. The quantitative estimate of drug-likeness (QED) is 0.529. The number of rotatable bonds is 5. The van der Waals surface area contributed by atoms with Gasteiger partial charge in [0.15, 0.2) is 5.78 Å². The predicted octanol–water partition coefficient (Wildman–Crippen LogP) is 5.26. The molecule has 5 heteroatoms. The smallest absolute Gasteiger partial charge is 0.196 e. The normalized spacial score (nSPS) is 10.5. The maximum atomic E-state index is 13.9. The molecule has 0 spiro atoms. The Bertz CT molecular complexity index is 673. The van der Waals surface area contributed by atoms with Crippen molar-refractivity contribution in [3.63, 3.8) is 0 Å². The van der Waals surface area contributed by atoms with Gasteiger partial charge in [-0.05, 0) is 46.6 Å². The maximum Gasteiger partial charge on any atom is 0.196 e. The minimum Gasteiger partial charge on any atom is -0.494 e. The molecule has 0 amide bonds. The van der Waals surface area contributed by atoms with Crippen molar-refractivity contribution in [2.24, 2.45) is 0 Å². The number of benzene rings is 2. The molecule has 0 heterocycles. The molecule has 0 radical (unpaired) electrons. The van der Waals surface area contributed by atoms with Gasteiger partial charge in [-0.15, -0.1) is 0 Å². The van der Waals surface area contributed by atoms with Crippen LogP contribution < -0.4 is 4.74 Å². The standard InChI is InChI=1S/C16H13BrClFO2/c1-2-6-21-11-5-3-4-10(7-11)16(20)12-8-14(18)13(17)9-15(12)19/h3-5,7-9H,2,6H2,1H3. The van der Waals surface area contributed by atoms with Gasteiger partial charge in [-0.1, -0.05) is 30.7 Å². The zero-order valence-corrected chi connectivity index (χ0v) is 13.7. The first-order valence-electron chi connectivity index (χ1n) is 6.45. The third-order valence-corrected chi connectivity index (χ3v) is 4.02. The third kappa shape index (κ3) is 3.83. The second-order valence-corrected chi connectivity index (χ2v) is 5.71. The Morgan fingerprint density at radius 2 is 2.10 bits per heavy atom. The van der Waals surface area contributed by atoms with Gasteiger partial charge in [0.2, 0.25) is 0 Å². The second kappa shape index (κ2) is 7.05. The lowest BCUT2D eigenvalue weighted by Gasteiger charge is -2.08. The van der Waals surface area contributed by atoms with E-state index in [-0.39, 0.29) is 10.6 Å². The Balaban J connectivity index is 2.34. The fourth-order valence-corrected chi connectivity index (χ4v) is 2.28. The molecule has 0 aliphatic rings. The van der Waals surface area contributed by atoms with E-state index in [9.17, 15) is 9.18 Å². The molecule has 0 N–H and O–H groups in total. The first-order chi connectivity index (χ1) is 10.0. The van der Waals surface area contributed by atoms with E-state index in [1.165, 1.54) is 12.1 Å². The van der Waals surface area contributed by atoms with E-state index in [1.54, 1.807) is 24.3 Å².